The van der Waals surface area contributed by atoms with Gasteiger partial charge in [0.15, 0.2) is 5.82 Å². The van der Waals surface area contributed by atoms with Gasteiger partial charge in [0.05, 0.1) is 17.3 Å². The fourth-order valence-corrected chi connectivity index (χ4v) is 4.14. The van der Waals surface area contributed by atoms with E-state index < -0.39 is 0 Å². The predicted octanol–water partition coefficient (Wildman–Crippen LogP) is 4.88. The van der Waals surface area contributed by atoms with Crippen molar-refractivity contribution in [3.05, 3.63) is 65.1 Å². The van der Waals surface area contributed by atoms with Crippen LogP contribution in [0.5, 0.6) is 0 Å². The third-order valence-corrected chi connectivity index (χ3v) is 6.08. The highest BCUT2D eigenvalue weighted by Gasteiger charge is 2.26. The van der Waals surface area contributed by atoms with Crippen LogP contribution >= 0.6 is 15.9 Å². The zero-order chi connectivity index (χ0) is 19.7. The minimum absolute atomic E-state index is 0.204. The number of aromatic nitrogens is 2. The summed E-state index contributed by atoms with van der Waals surface area (Å²) >= 11 is 3.51. The van der Waals surface area contributed by atoms with Gasteiger partial charge in [0.25, 0.3) is 0 Å². The van der Waals surface area contributed by atoms with Crippen LogP contribution < -0.4 is 0 Å². The van der Waals surface area contributed by atoms with Crippen LogP contribution in [0.2, 0.25) is 0 Å². The highest BCUT2D eigenvalue weighted by atomic mass is 79.9. The van der Waals surface area contributed by atoms with Gasteiger partial charge in [-0.3, -0.25) is 4.90 Å². The lowest BCUT2D eigenvalue weighted by atomic mass is 10.0. The van der Waals surface area contributed by atoms with E-state index in [1.165, 1.54) is 5.56 Å². The molecule has 2 aromatic carbocycles. The van der Waals surface area contributed by atoms with Gasteiger partial charge in [-0.15, -0.1) is 0 Å². The summed E-state index contributed by atoms with van der Waals surface area (Å²) in [5, 5.41) is 1.15. The van der Waals surface area contributed by atoms with Gasteiger partial charge in [0.2, 0.25) is 0 Å². The SMILES string of the molecule is [CH2]CC(c1nc(-c2ccc(Br)cc2)nc2ccc(C)cc12)N1CCN(C)CC1. The molecule has 4 rings (SSSR count). The van der Waals surface area contributed by atoms with Gasteiger partial charge in [-0.05, 0) is 44.7 Å². The second kappa shape index (κ2) is 8.27. The van der Waals surface area contributed by atoms with Gasteiger partial charge >= 0.3 is 0 Å². The second-order valence-corrected chi connectivity index (χ2v) is 8.52. The number of likely N-dealkylation sites (N-methyl/N-ethyl adjacent to an activating group) is 1. The van der Waals surface area contributed by atoms with Crippen molar-refractivity contribution in [2.45, 2.75) is 19.4 Å². The van der Waals surface area contributed by atoms with Crippen LogP contribution in [-0.4, -0.2) is 53.0 Å². The average molecular weight is 438 g/mol. The molecule has 0 saturated carbocycles. The van der Waals surface area contributed by atoms with Crippen molar-refractivity contribution in [2.24, 2.45) is 0 Å². The van der Waals surface area contributed by atoms with Crippen molar-refractivity contribution >= 4 is 26.8 Å². The van der Waals surface area contributed by atoms with Gasteiger partial charge in [-0.25, -0.2) is 9.97 Å². The van der Waals surface area contributed by atoms with E-state index in [0.29, 0.717) is 0 Å². The maximum Gasteiger partial charge on any atom is 0.160 e. The first kappa shape index (κ1) is 19.5. The molecule has 2 heterocycles. The Labute approximate surface area is 175 Å². The van der Waals surface area contributed by atoms with E-state index in [1.54, 1.807) is 0 Å². The molecule has 1 aliphatic heterocycles. The van der Waals surface area contributed by atoms with Crippen LogP contribution in [0.4, 0.5) is 0 Å². The average Bonchev–Trinajstić information content (AvgIpc) is 2.70. The van der Waals surface area contributed by atoms with Crippen molar-refractivity contribution in [3.63, 3.8) is 0 Å². The van der Waals surface area contributed by atoms with Crippen LogP contribution in [0.15, 0.2) is 46.9 Å². The maximum atomic E-state index is 5.09. The number of nitrogens with zero attached hydrogens (tertiary/aromatic N) is 4. The molecule has 1 aliphatic rings. The van der Waals surface area contributed by atoms with E-state index in [9.17, 15) is 0 Å². The molecule has 0 N–H and O–H groups in total. The molecule has 1 atom stereocenters. The second-order valence-electron chi connectivity index (χ2n) is 7.60. The van der Waals surface area contributed by atoms with Crippen LogP contribution in [0.25, 0.3) is 22.3 Å². The van der Waals surface area contributed by atoms with Crippen molar-refractivity contribution in [2.75, 3.05) is 33.2 Å². The normalized spacial score (nSPS) is 17.1. The summed E-state index contributed by atoms with van der Waals surface area (Å²) in [6, 6.07) is 14.9. The number of piperazine rings is 1. The Morgan fingerprint density at radius 1 is 1.04 bits per heavy atom. The van der Waals surface area contributed by atoms with E-state index in [2.05, 4.69) is 77.0 Å². The lowest BCUT2D eigenvalue weighted by Gasteiger charge is -2.37. The minimum Gasteiger partial charge on any atom is -0.304 e. The van der Waals surface area contributed by atoms with Crippen molar-refractivity contribution in [3.8, 4) is 11.4 Å². The maximum absolute atomic E-state index is 5.09. The van der Waals surface area contributed by atoms with Crippen LogP contribution in [0.3, 0.4) is 0 Å². The summed E-state index contributed by atoms with van der Waals surface area (Å²) in [4.78, 5) is 14.9. The van der Waals surface area contributed by atoms with Crippen LogP contribution in [0.1, 0.15) is 23.7 Å². The lowest BCUT2D eigenvalue weighted by molar-refractivity contribution is 0.110. The summed E-state index contributed by atoms with van der Waals surface area (Å²) in [5.41, 5.74) is 4.37. The molecule has 1 unspecified atom stereocenters. The Hall–Kier alpha value is -1.82. The third kappa shape index (κ3) is 3.97. The smallest absolute Gasteiger partial charge is 0.160 e. The predicted molar refractivity (Wildman–Crippen MR) is 119 cm³/mol. The molecule has 0 bridgehead atoms. The Bertz CT molecular complexity index is 962. The summed E-state index contributed by atoms with van der Waals surface area (Å²) in [6.45, 7) is 10.7. The van der Waals surface area contributed by atoms with Gasteiger partial charge in [0.1, 0.15) is 0 Å². The van der Waals surface area contributed by atoms with Crippen molar-refractivity contribution in [1.29, 1.82) is 0 Å². The zero-order valence-corrected chi connectivity index (χ0v) is 18.1. The first-order valence-electron chi connectivity index (χ1n) is 9.81. The quantitative estimate of drug-likeness (QED) is 0.581. The monoisotopic (exact) mass is 437 g/mol. The molecule has 1 radical (unpaired) electrons. The molecule has 0 spiro atoms. The zero-order valence-electron chi connectivity index (χ0n) is 16.5. The number of fused-ring (bicyclic) bond motifs is 1. The number of aryl methyl sites for hydroxylation is 1. The first-order chi connectivity index (χ1) is 13.5. The van der Waals surface area contributed by atoms with E-state index >= 15 is 0 Å². The molecule has 0 amide bonds. The standard InChI is InChI=1S/C23H26BrN4/c1-4-21(28-13-11-27(3)12-14-28)22-19-15-16(2)5-10-20(19)25-23(26-22)17-6-8-18(24)9-7-17/h5-10,15,21H,1,4,11-14H2,2-3H3. The highest BCUT2D eigenvalue weighted by Crippen LogP contribution is 2.32. The lowest BCUT2D eigenvalue weighted by Crippen LogP contribution is -2.46. The van der Waals surface area contributed by atoms with Gasteiger partial charge in [-0.2, -0.15) is 0 Å². The van der Waals surface area contributed by atoms with E-state index in [1.807, 2.05) is 12.1 Å². The summed E-state index contributed by atoms with van der Waals surface area (Å²) in [5.74, 6) is 0.784. The number of hydrogen-bond acceptors (Lipinski definition) is 4. The molecular formula is C23H26BrN4. The largest absolute Gasteiger partial charge is 0.304 e. The van der Waals surface area contributed by atoms with Crippen molar-refractivity contribution in [1.82, 2.24) is 19.8 Å². The summed E-state index contributed by atoms with van der Waals surface area (Å²) in [7, 11) is 2.19. The van der Waals surface area contributed by atoms with Crippen molar-refractivity contribution < 1.29 is 0 Å². The highest BCUT2D eigenvalue weighted by molar-refractivity contribution is 9.10. The fourth-order valence-electron chi connectivity index (χ4n) is 3.87. The molecule has 4 nitrogen and oxygen atoms in total. The topological polar surface area (TPSA) is 32.3 Å². The number of halogens is 1. The molecule has 1 fully saturated rings. The van der Waals surface area contributed by atoms with Gasteiger partial charge in [-0.1, -0.05) is 46.6 Å². The molecule has 5 heteroatoms. The van der Waals surface area contributed by atoms with Crippen LogP contribution in [0, 0.1) is 13.8 Å². The molecule has 1 aromatic heterocycles. The fraction of sp³-hybridized carbons (Fsp3) is 0.348. The van der Waals surface area contributed by atoms with E-state index in [-0.39, 0.29) is 6.04 Å². The number of benzene rings is 2. The Morgan fingerprint density at radius 2 is 1.75 bits per heavy atom. The number of rotatable bonds is 4. The molecular weight excluding hydrogens is 412 g/mol. The van der Waals surface area contributed by atoms with E-state index in [0.717, 1.165) is 65.1 Å². The van der Waals surface area contributed by atoms with Gasteiger partial charge < -0.3 is 4.90 Å². The molecule has 3 aromatic rings. The Balaban J connectivity index is 1.84. The molecule has 0 aliphatic carbocycles. The molecule has 28 heavy (non-hydrogen) atoms. The van der Waals surface area contributed by atoms with Gasteiger partial charge in [0, 0.05) is 41.6 Å². The molecule has 1 saturated heterocycles. The van der Waals surface area contributed by atoms with E-state index in [4.69, 9.17) is 9.97 Å². The minimum atomic E-state index is 0.204. The third-order valence-electron chi connectivity index (χ3n) is 5.55. The number of hydrogen-bond donors (Lipinski definition) is 0. The Morgan fingerprint density at radius 3 is 2.43 bits per heavy atom. The summed E-state index contributed by atoms with van der Waals surface area (Å²) < 4.78 is 1.06. The Kier molecular flexibility index (Phi) is 5.76. The van der Waals surface area contributed by atoms with Crippen LogP contribution in [-0.2, 0) is 0 Å². The summed E-state index contributed by atoms with van der Waals surface area (Å²) in [6.07, 6.45) is 0.795. The molecule has 145 valence electrons. The first-order valence-corrected chi connectivity index (χ1v) is 10.6.